The van der Waals surface area contributed by atoms with Crippen LogP contribution in [0.2, 0.25) is 0 Å². The number of hydrogen-bond donors (Lipinski definition) is 2. The van der Waals surface area contributed by atoms with Crippen molar-refractivity contribution < 1.29 is 0 Å². The van der Waals surface area contributed by atoms with Gasteiger partial charge in [-0.05, 0) is 78.4 Å². The van der Waals surface area contributed by atoms with Crippen molar-refractivity contribution in [3.63, 3.8) is 0 Å². The molecule has 25 heavy (non-hydrogen) atoms. The van der Waals surface area contributed by atoms with Crippen LogP contribution in [0.4, 0.5) is 0 Å². The van der Waals surface area contributed by atoms with Crippen LogP contribution in [0.5, 0.6) is 0 Å². The van der Waals surface area contributed by atoms with Crippen molar-refractivity contribution in [2.45, 2.75) is 71.9 Å². The summed E-state index contributed by atoms with van der Waals surface area (Å²) in [4.78, 5) is 10.1. The molecule has 2 aliphatic heterocycles. The van der Waals surface area contributed by atoms with Crippen molar-refractivity contribution in [1.29, 1.82) is 0 Å². The number of guanidine groups is 1. The highest BCUT2D eigenvalue weighted by molar-refractivity contribution is 5.80. The average molecular weight is 352 g/mol. The summed E-state index contributed by atoms with van der Waals surface area (Å²) in [6, 6.07) is 1.24. The third kappa shape index (κ3) is 7.14. The Morgan fingerprint density at radius 1 is 1.04 bits per heavy atom. The predicted molar refractivity (Wildman–Crippen MR) is 108 cm³/mol. The van der Waals surface area contributed by atoms with Crippen LogP contribution < -0.4 is 10.6 Å². The minimum atomic E-state index is 0.569. The van der Waals surface area contributed by atoms with Gasteiger partial charge in [0.2, 0.25) is 0 Å². The maximum Gasteiger partial charge on any atom is 0.191 e. The van der Waals surface area contributed by atoms with Gasteiger partial charge in [0.15, 0.2) is 5.96 Å². The molecule has 0 aliphatic carbocycles. The largest absolute Gasteiger partial charge is 0.357 e. The molecule has 2 heterocycles. The lowest BCUT2D eigenvalue weighted by molar-refractivity contribution is 0.167. The van der Waals surface area contributed by atoms with E-state index in [0.717, 1.165) is 25.0 Å². The van der Waals surface area contributed by atoms with E-state index in [2.05, 4.69) is 48.1 Å². The minimum Gasteiger partial charge on any atom is -0.357 e. The Bertz CT molecular complexity index is 380. The lowest BCUT2D eigenvalue weighted by Crippen LogP contribution is -2.50. The van der Waals surface area contributed by atoms with Crippen LogP contribution in [-0.2, 0) is 0 Å². The normalized spacial score (nSPS) is 22.5. The number of nitrogens with zero attached hydrogens (tertiary/aromatic N) is 3. The van der Waals surface area contributed by atoms with E-state index >= 15 is 0 Å². The SMILES string of the molecule is CCCN1CCC(CN=C(NCC)NC2CCN(C(C)C)CC2)CC1. The summed E-state index contributed by atoms with van der Waals surface area (Å²) in [5.74, 6) is 1.79. The molecule has 0 saturated carbocycles. The highest BCUT2D eigenvalue weighted by atomic mass is 15.2. The van der Waals surface area contributed by atoms with E-state index in [-0.39, 0.29) is 0 Å². The zero-order valence-electron chi connectivity index (χ0n) is 17.1. The third-order valence-electron chi connectivity index (χ3n) is 5.70. The van der Waals surface area contributed by atoms with Gasteiger partial charge in [0, 0.05) is 38.3 Å². The zero-order valence-corrected chi connectivity index (χ0v) is 17.1. The van der Waals surface area contributed by atoms with E-state index < -0.39 is 0 Å². The first-order valence-corrected chi connectivity index (χ1v) is 10.6. The first-order chi connectivity index (χ1) is 12.1. The van der Waals surface area contributed by atoms with Crippen LogP contribution in [-0.4, -0.2) is 73.7 Å². The second kappa shape index (κ2) is 11.0. The van der Waals surface area contributed by atoms with Gasteiger partial charge in [-0.15, -0.1) is 0 Å². The molecule has 2 N–H and O–H groups in total. The maximum atomic E-state index is 4.92. The van der Waals surface area contributed by atoms with Gasteiger partial charge in [0.05, 0.1) is 0 Å². The molecule has 0 unspecified atom stereocenters. The van der Waals surface area contributed by atoms with E-state index in [1.54, 1.807) is 0 Å². The maximum absolute atomic E-state index is 4.92. The smallest absolute Gasteiger partial charge is 0.191 e. The van der Waals surface area contributed by atoms with Gasteiger partial charge in [0.25, 0.3) is 0 Å². The van der Waals surface area contributed by atoms with Gasteiger partial charge < -0.3 is 20.4 Å². The second-order valence-electron chi connectivity index (χ2n) is 8.05. The van der Waals surface area contributed by atoms with Gasteiger partial charge in [-0.1, -0.05) is 6.92 Å². The lowest BCUT2D eigenvalue weighted by atomic mass is 9.97. The van der Waals surface area contributed by atoms with E-state index in [0.29, 0.717) is 12.1 Å². The van der Waals surface area contributed by atoms with Crippen molar-refractivity contribution in [3.05, 3.63) is 0 Å². The quantitative estimate of drug-likeness (QED) is 0.546. The summed E-state index contributed by atoms with van der Waals surface area (Å²) in [5, 5.41) is 7.13. The Balaban J connectivity index is 1.75. The van der Waals surface area contributed by atoms with Crippen molar-refractivity contribution in [2.24, 2.45) is 10.9 Å². The summed E-state index contributed by atoms with van der Waals surface area (Å²) in [7, 11) is 0. The number of rotatable bonds is 7. The van der Waals surface area contributed by atoms with Gasteiger partial charge in [-0.2, -0.15) is 0 Å². The van der Waals surface area contributed by atoms with Crippen LogP contribution in [0.25, 0.3) is 0 Å². The van der Waals surface area contributed by atoms with Crippen LogP contribution in [0.15, 0.2) is 4.99 Å². The molecular formula is C20H41N5. The predicted octanol–water partition coefficient (Wildman–Crippen LogP) is 2.54. The van der Waals surface area contributed by atoms with Crippen LogP contribution in [0.3, 0.4) is 0 Å². The summed E-state index contributed by atoms with van der Waals surface area (Å²) < 4.78 is 0. The second-order valence-corrected chi connectivity index (χ2v) is 8.05. The van der Waals surface area contributed by atoms with Crippen LogP contribution >= 0.6 is 0 Å². The minimum absolute atomic E-state index is 0.569. The number of piperidine rings is 2. The number of likely N-dealkylation sites (tertiary alicyclic amines) is 2. The molecule has 0 aromatic carbocycles. The molecule has 5 nitrogen and oxygen atoms in total. The molecule has 0 atom stereocenters. The molecule has 0 aromatic rings. The van der Waals surface area contributed by atoms with Crippen LogP contribution in [0.1, 0.15) is 59.8 Å². The molecule has 2 fully saturated rings. The first kappa shape index (κ1) is 20.5. The monoisotopic (exact) mass is 351 g/mol. The molecule has 5 heteroatoms. The van der Waals surface area contributed by atoms with Crippen molar-refractivity contribution in [1.82, 2.24) is 20.4 Å². The standard InChI is InChI=1S/C20H41N5/c1-5-11-24-12-7-18(8-13-24)16-22-20(21-6-2)23-19-9-14-25(15-10-19)17(3)4/h17-19H,5-16H2,1-4H3,(H2,21,22,23). The summed E-state index contributed by atoms with van der Waals surface area (Å²) in [5.41, 5.74) is 0. The molecule has 0 amide bonds. The molecule has 0 bridgehead atoms. The molecule has 2 saturated heterocycles. The van der Waals surface area contributed by atoms with Gasteiger partial charge in [-0.25, -0.2) is 0 Å². The van der Waals surface area contributed by atoms with E-state index in [1.807, 2.05) is 0 Å². The van der Waals surface area contributed by atoms with Gasteiger partial charge in [0.1, 0.15) is 0 Å². The third-order valence-corrected chi connectivity index (χ3v) is 5.70. The molecular weight excluding hydrogens is 310 g/mol. The first-order valence-electron chi connectivity index (χ1n) is 10.6. The van der Waals surface area contributed by atoms with Gasteiger partial charge in [-0.3, -0.25) is 4.99 Å². The Hall–Kier alpha value is -0.810. The summed E-state index contributed by atoms with van der Waals surface area (Å²) in [6.45, 7) is 17.1. The number of hydrogen-bond acceptors (Lipinski definition) is 3. The molecule has 2 rings (SSSR count). The molecule has 146 valence electrons. The van der Waals surface area contributed by atoms with Crippen LogP contribution in [0, 0.1) is 5.92 Å². The van der Waals surface area contributed by atoms with Gasteiger partial charge >= 0.3 is 0 Å². The lowest BCUT2D eigenvalue weighted by Gasteiger charge is -2.35. The molecule has 0 radical (unpaired) electrons. The summed E-state index contributed by atoms with van der Waals surface area (Å²) in [6.07, 6.45) is 6.31. The topological polar surface area (TPSA) is 42.9 Å². The molecule has 0 aromatic heterocycles. The van der Waals surface area contributed by atoms with E-state index in [9.17, 15) is 0 Å². The van der Waals surface area contributed by atoms with E-state index in [4.69, 9.17) is 4.99 Å². The average Bonchev–Trinajstić information content (AvgIpc) is 2.62. The van der Waals surface area contributed by atoms with Crippen molar-refractivity contribution in [2.75, 3.05) is 45.8 Å². The fourth-order valence-electron chi connectivity index (χ4n) is 4.00. The molecule has 0 spiro atoms. The Kier molecular flexibility index (Phi) is 9.04. The Morgan fingerprint density at radius 2 is 1.72 bits per heavy atom. The Morgan fingerprint density at radius 3 is 2.28 bits per heavy atom. The highest BCUT2D eigenvalue weighted by Gasteiger charge is 2.22. The fourth-order valence-corrected chi connectivity index (χ4v) is 4.00. The van der Waals surface area contributed by atoms with Crippen molar-refractivity contribution in [3.8, 4) is 0 Å². The Labute approximate surface area is 155 Å². The summed E-state index contributed by atoms with van der Waals surface area (Å²) >= 11 is 0. The highest BCUT2D eigenvalue weighted by Crippen LogP contribution is 2.18. The van der Waals surface area contributed by atoms with E-state index in [1.165, 1.54) is 64.8 Å². The number of aliphatic imine (C=N–C) groups is 1. The van der Waals surface area contributed by atoms with Crippen molar-refractivity contribution >= 4 is 5.96 Å². The molecule has 2 aliphatic rings. The number of nitrogens with one attached hydrogen (secondary N) is 2. The fraction of sp³-hybridized carbons (Fsp3) is 0.950. The zero-order chi connectivity index (χ0) is 18.1.